The van der Waals surface area contributed by atoms with E-state index in [1.54, 1.807) is 0 Å². The molecule has 0 bridgehead atoms. The molecule has 8 aromatic carbocycles. The van der Waals surface area contributed by atoms with Crippen LogP contribution in [0.5, 0.6) is 0 Å². The van der Waals surface area contributed by atoms with E-state index in [-0.39, 0.29) is 0 Å². The van der Waals surface area contributed by atoms with E-state index in [9.17, 15) is 10.5 Å². The average molecular weight is 700 g/mol. The highest BCUT2D eigenvalue weighted by molar-refractivity contribution is 6.17. The standard InChI is InChI=1S/C50H29N5/c51-30-32-27-28-46-40(29-32)49-47(53-41-20-6-1-14-34(41)35-15-2-7-21-42(35)53)25-12-26-48(49)54(46)43-22-8-5-18-38(43)39-19-11-13-33(31-52)50(39)55-44-23-9-3-16-36(44)37-17-4-10-24-45(37)55/h1-29H. The van der Waals surface area contributed by atoms with Gasteiger partial charge in [-0.25, -0.2) is 0 Å². The average Bonchev–Trinajstić information content (AvgIpc) is 3.89. The van der Waals surface area contributed by atoms with Crippen molar-refractivity contribution in [2.45, 2.75) is 0 Å². The van der Waals surface area contributed by atoms with Crippen LogP contribution in [0.1, 0.15) is 11.1 Å². The van der Waals surface area contributed by atoms with E-state index in [4.69, 9.17) is 0 Å². The molecule has 55 heavy (non-hydrogen) atoms. The Kier molecular flexibility index (Phi) is 6.61. The Bertz CT molecular complexity index is 3360. The maximum absolute atomic E-state index is 10.7. The predicted octanol–water partition coefficient (Wildman–Crippen LogP) is 12.4. The van der Waals surface area contributed by atoms with Crippen molar-refractivity contribution in [3.63, 3.8) is 0 Å². The summed E-state index contributed by atoms with van der Waals surface area (Å²) in [4.78, 5) is 0. The van der Waals surface area contributed by atoms with Crippen LogP contribution in [-0.2, 0) is 0 Å². The van der Waals surface area contributed by atoms with Gasteiger partial charge >= 0.3 is 0 Å². The van der Waals surface area contributed by atoms with Gasteiger partial charge in [-0.05, 0) is 66.7 Å². The monoisotopic (exact) mass is 699 g/mol. The van der Waals surface area contributed by atoms with Crippen LogP contribution in [0.25, 0.3) is 93.6 Å². The summed E-state index contributed by atoms with van der Waals surface area (Å²) >= 11 is 0. The predicted molar refractivity (Wildman–Crippen MR) is 224 cm³/mol. The van der Waals surface area contributed by atoms with Crippen LogP contribution in [0.3, 0.4) is 0 Å². The number of aromatic nitrogens is 3. The van der Waals surface area contributed by atoms with E-state index in [2.05, 4.69) is 177 Å². The molecule has 0 radical (unpaired) electrons. The van der Waals surface area contributed by atoms with Gasteiger partial charge in [0.15, 0.2) is 0 Å². The van der Waals surface area contributed by atoms with Crippen molar-refractivity contribution in [3.05, 3.63) is 187 Å². The molecule has 0 N–H and O–H groups in total. The molecule has 3 aromatic heterocycles. The van der Waals surface area contributed by atoms with Gasteiger partial charge < -0.3 is 13.7 Å². The largest absolute Gasteiger partial charge is 0.309 e. The highest BCUT2D eigenvalue weighted by Crippen LogP contribution is 2.44. The van der Waals surface area contributed by atoms with E-state index in [1.807, 2.05) is 24.3 Å². The van der Waals surface area contributed by atoms with Crippen LogP contribution in [0.4, 0.5) is 0 Å². The van der Waals surface area contributed by atoms with Crippen LogP contribution in [0.2, 0.25) is 0 Å². The zero-order chi connectivity index (χ0) is 36.6. The number of para-hydroxylation sites is 6. The first kappa shape index (κ1) is 30.7. The molecule has 0 fully saturated rings. The lowest BCUT2D eigenvalue weighted by Gasteiger charge is -2.19. The molecule has 0 spiro atoms. The second-order valence-corrected chi connectivity index (χ2v) is 13.9. The molecule has 0 aliphatic rings. The van der Waals surface area contributed by atoms with Crippen molar-refractivity contribution in [2.24, 2.45) is 0 Å². The van der Waals surface area contributed by atoms with Crippen LogP contribution in [0, 0.1) is 22.7 Å². The Morgan fingerprint density at radius 2 is 0.818 bits per heavy atom. The number of rotatable bonds is 4. The SMILES string of the molecule is N#Cc1ccc2c(c1)c1c(-n3c4ccccc4c4ccccc43)cccc1n2-c1ccccc1-c1cccc(C#N)c1-n1c2ccccc2c2ccccc21. The summed E-state index contributed by atoms with van der Waals surface area (Å²) in [5.41, 5.74) is 12.3. The van der Waals surface area contributed by atoms with Gasteiger partial charge in [0.05, 0.1) is 67.4 Å². The minimum atomic E-state index is 0.591. The molecule has 0 unspecified atom stereocenters. The summed E-state index contributed by atoms with van der Waals surface area (Å²) in [5, 5.41) is 27.6. The summed E-state index contributed by atoms with van der Waals surface area (Å²) in [6.07, 6.45) is 0. The van der Waals surface area contributed by atoms with E-state index in [1.165, 1.54) is 10.8 Å². The summed E-state index contributed by atoms with van der Waals surface area (Å²) in [6, 6.07) is 65.8. The highest BCUT2D eigenvalue weighted by Gasteiger charge is 2.24. The normalized spacial score (nSPS) is 11.6. The van der Waals surface area contributed by atoms with Crippen LogP contribution in [-0.4, -0.2) is 13.7 Å². The van der Waals surface area contributed by atoms with Crippen molar-refractivity contribution in [1.82, 2.24) is 13.7 Å². The Balaban J connectivity index is 1.25. The van der Waals surface area contributed by atoms with E-state index in [0.717, 1.165) is 82.8 Å². The van der Waals surface area contributed by atoms with Crippen LogP contribution in [0.15, 0.2) is 176 Å². The Hall–Kier alpha value is -7.86. The molecular weight excluding hydrogens is 671 g/mol. The third-order valence-electron chi connectivity index (χ3n) is 11.1. The summed E-state index contributed by atoms with van der Waals surface area (Å²) in [7, 11) is 0. The molecule has 0 amide bonds. The molecule has 254 valence electrons. The molecule has 0 saturated heterocycles. The second kappa shape index (κ2) is 11.8. The zero-order valence-electron chi connectivity index (χ0n) is 29.5. The third kappa shape index (κ3) is 4.33. The fraction of sp³-hybridized carbons (Fsp3) is 0. The highest BCUT2D eigenvalue weighted by atomic mass is 15.0. The van der Waals surface area contributed by atoms with Gasteiger partial charge in [0.2, 0.25) is 0 Å². The number of benzene rings is 8. The molecular formula is C50H29N5. The Labute approximate surface area is 316 Å². The molecule has 0 aliphatic heterocycles. The van der Waals surface area contributed by atoms with Crippen molar-refractivity contribution in [1.29, 1.82) is 10.5 Å². The minimum absolute atomic E-state index is 0.591. The Morgan fingerprint density at radius 3 is 1.44 bits per heavy atom. The van der Waals surface area contributed by atoms with Gasteiger partial charge in [0.1, 0.15) is 6.07 Å². The Morgan fingerprint density at radius 1 is 0.345 bits per heavy atom. The van der Waals surface area contributed by atoms with E-state index >= 15 is 0 Å². The van der Waals surface area contributed by atoms with Gasteiger partial charge in [0, 0.05) is 43.4 Å². The fourth-order valence-corrected chi connectivity index (χ4v) is 8.90. The van der Waals surface area contributed by atoms with Gasteiger partial charge in [0.25, 0.3) is 0 Å². The lowest BCUT2D eigenvalue weighted by Crippen LogP contribution is -2.03. The second-order valence-electron chi connectivity index (χ2n) is 13.9. The smallest absolute Gasteiger partial charge is 0.101 e. The number of fused-ring (bicyclic) bond motifs is 9. The number of nitrogens with zero attached hydrogens (tertiary/aromatic N) is 5. The zero-order valence-corrected chi connectivity index (χ0v) is 29.5. The first-order valence-corrected chi connectivity index (χ1v) is 18.3. The van der Waals surface area contributed by atoms with Crippen LogP contribution >= 0.6 is 0 Å². The molecule has 5 nitrogen and oxygen atoms in total. The van der Waals surface area contributed by atoms with Crippen molar-refractivity contribution in [3.8, 4) is 40.3 Å². The summed E-state index contributed by atoms with van der Waals surface area (Å²) in [5.74, 6) is 0. The third-order valence-corrected chi connectivity index (χ3v) is 11.1. The number of hydrogen-bond donors (Lipinski definition) is 0. The maximum Gasteiger partial charge on any atom is 0.101 e. The van der Waals surface area contributed by atoms with Gasteiger partial charge in [-0.1, -0.05) is 109 Å². The molecule has 0 aliphatic carbocycles. The molecule has 3 heterocycles. The van der Waals surface area contributed by atoms with Crippen molar-refractivity contribution < 1.29 is 0 Å². The lowest BCUT2D eigenvalue weighted by atomic mass is 9.98. The molecule has 11 aromatic rings. The summed E-state index contributed by atoms with van der Waals surface area (Å²) < 4.78 is 6.94. The first-order valence-electron chi connectivity index (χ1n) is 18.3. The first-order chi connectivity index (χ1) is 27.2. The van der Waals surface area contributed by atoms with E-state index < -0.39 is 0 Å². The fourth-order valence-electron chi connectivity index (χ4n) is 8.90. The topological polar surface area (TPSA) is 62.4 Å². The number of hydrogen-bond acceptors (Lipinski definition) is 2. The molecule has 0 atom stereocenters. The summed E-state index contributed by atoms with van der Waals surface area (Å²) in [6.45, 7) is 0. The molecule has 11 rings (SSSR count). The van der Waals surface area contributed by atoms with Gasteiger partial charge in [-0.2, -0.15) is 10.5 Å². The van der Waals surface area contributed by atoms with Gasteiger partial charge in [-0.3, -0.25) is 0 Å². The quantitative estimate of drug-likeness (QED) is 0.184. The molecule has 0 saturated carbocycles. The maximum atomic E-state index is 10.7. The van der Waals surface area contributed by atoms with Gasteiger partial charge in [-0.15, -0.1) is 0 Å². The lowest BCUT2D eigenvalue weighted by molar-refractivity contribution is 1.15. The van der Waals surface area contributed by atoms with E-state index in [0.29, 0.717) is 11.1 Å². The van der Waals surface area contributed by atoms with Crippen LogP contribution < -0.4 is 0 Å². The molecule has 5 heteroatoms. The van der Waals surface area contributed by atoms with Crippen molar-refractivity contribution >= 4 is 65.4 Å². The van der Waals surface area contributed by atoms with Crippen molar-refractivity contribution in [2.75, 3.05) is 0 Å². The number of nitriles is 2. The minimum Gasteiger partial charge on any atom is -0.309 e.